The maximum absolute atomic E-state index is 12.2. The summed E-state index contributed by atoms with van der Waals surface area (Å²) in [5, 5.41) is 0. The molecule has 0 amide bonds. The second kappa shape index (κ2) is 5.82. The molecule has 1 heterocycles. The summed E-state index contributed by atoms with van der Waals surface area (Å²) >= 11 is 0. The highest BCUT2D eigenvalue weighted by Gasteiger charge is 2.31. The zero-order chi connectivity index (χ0) is 15.7. The Hall–Kier alpha value is -1.31. The van der Waals surface area contributed by atoms with Crippen molar-refractivity contribution in [3.05, 3.63) is 18.2 Å². The number of likely N-dealkylation sites (N-methyl/N-ethyl adjacent to an activating group) is 1. The van der Waals surface area contributed by atoms with Gasteiger partial charge in [-0.25, -0.2) is 13.1 Å². The summed E-state index contributed by atoms with van der Waals surface area (Å²) in [6.07, 6.45) is 0. The molecule has 0 aliphatic carbocycles. The summed E-state index contributed by atoms with van der Waals surface area (Å²) in [7, 11) is -3.53. The largest absolute Gasteiger partial charge is 0.484 e. The molecule has 0 radical (unpaired) electrons. The Kier molecular flexibility index (Phi) is 4.46. The standard InChI is InChI=1S/C14H23N3O3S/c1-4-17-10-14(2,3)20-13-6-5-11(9-12(13)17)21(18,19)16-8-7-15/h5-6,9,16H,4,7-8,10,15H2,1-3H3. The summed E-state index contributed by atoms with van der Waals surface area (Å²) in [6, 6.07) is 4.94. The van der Waals surface area contributed by atoms with E-state index in [2.05, 4.69) is 9.62 Å². The van der Waals surface area contributed by atoms with Crippen LogP contribution in [0.3, 0.4) is 0 Å². The first-order chi connectivity index (χ1) is 9.79. The van der Waals surface area contributed by atoms with E-state index in [1.807, 2.05) is 20.8 Å². The molecule has 1 aliphatic heterocycles. The van der Waals surface area contributed by atoms with Crippen molar-refractivity contribution < 1.29 is 13.2 Å². The van der Waals surface area contributed by atoms with Gasteiger partial charge >= 0.3 is 0 Å². The monoisotopic (exact) mass is 313 g/mol. The molecule has 0 fully saturated rings. The first-order valence-electron chi connectivity index (χ1n) is 7.07. The third-order valence-electron chi connectivity index (χ3n) is 3.36. The van der Waals surface area contributed by atoms with Crippen LogP contribution in [0, 0.1) is 0 Å². The molecule has 0 aromatic heterocycles. The Morgan fingerprint density at radius 3 is 2.76 bits per heavy atom. The molecule has 0 bridgehead atoms. The third-order valence-corrected chi connectivity index (χ3v) is 4.82. The van der Waals surface area contributed by atoms with E-state index in [0.29, 0.717) is 5.75 Å². The molecule has 118 valence electrons. The van der Waals surface area contributed by atoms with Gasteiger partial charge in [0.05, 0.1) is 17.1 Å². The van der Waals surface area contributed by atoms with E-state index in [0.717, 1.165) is 18.8 Å². The van der Waals surface area contributed by atoms with Crippen LogP contribution in [0.2, 0.25) is 0 Å². The number of nitrogens with two attached hydrogens (primary N) is 1. The molecule has 7 heteroatoms. The molecule has 1 aromatic carbocycles. The maximum atomic E-state index is 12.2. The maximum Gasteiger partial charge on any atom is 0.240 e. The zero-order valence-corrected chi connectivity index (χ0v) is 13.5. The molecule has 0 atom stereocenters. The van der Waals surface area contributed by atoms with Gasteiger partial charge in [0.1, 0.15) is 11.4 Å². The van der Waals surface area contributed by atoms with Gasteiger partial charge in [0.2, 0.25) is 10.0 Å². The highest BCUT2D eigenvalue weighted by atomic mass is 32.2. The summed E-state index contributed by atoms with van der Waals surface area (Å²) in [6.45, 7) is 8.08. The van der Waals surface area contributed by atoms with Gasteiger partial charge in [-0.3, -0.25) is 0 Å². The zero-order valence-electron chi connectivity index (χ0n) is 12.7. The third kappa shape index (κ3) is 3.48. The van der Waals surface area contributed by atoms with Crippen molar-refractivity contribution in [3.63, 3.8) is 0 Å². The van der Waals surface area contributed by atoms with Crippen LogP contribution in [0.25, 0.3) is 0 Å². The van der Waals surface area contributed by atoms with Gasteiger partial charge in [0.15, 0.2) is 0 Å². The summed E-state index contributed by atoms with van der Waals surface area (Å²) in [4.78, 5) is 2.36. The summed E-state index contributed by atoms with van der Waals surface area (Å²) in [5.74, 6) is 0.714. The minimum Gasteiger partial charge on any atom is -0.484 e. The number of ether oxygens (including phenoxy) is 1. The van der Waals surface area contributed by atoms with Crippen molar-refractivity contribution in [2.45, 2.75) is 31.3 Å². The van der Waals surface area contributed by atoms with E-state index in [1.54, 1.807) is 18.2 Å². The van der Waals surface area contributed by atoms with E-state index >= 15 is 0 Å². The number of nitrogens with zero attached hydrogens (tertiary/aromatic N) is 1. The lowest BCUT2D eigenvalue weighted by molar-refractivity contribution is 0.105. The van der Waals surface area contributed by atoms with Crippen LogP contribution in [-0.2, 0) is 10.0 Å². The molecule has 0 unspecified atom stereocenters. The van der Waals surface area contributed by atoms with Gasteiger partial charge in [-0.15, -0.1) is 0 Å². The molecular formula is C14H23N3O3S. The molecule has 0 saturated carbocycles. The van der Waals surface area contributed by atoms with Crippen molar-refractivity contribution >= 4 is 15.7 Å². The fourth-order valence-electron chi connectivity index (χ4n) is 2.43. The SMILES string of the molecule is CCN1CC(C)(C)Oc2ccc(S(=O)(=O)NCCN)cc21. The molecule has 3 N–H and O–H groups in total. The molecule has 0 saturated heterocycles. The molecule has 21 heavy (non-hydrogen) atoms. The van der Waals surface area contributed by atoms with E-state index in [4.69, 9.17) is 10.5 Å². The number of rotatable bonds is 5. The Bertz CT molecular complexity index is 614. The second-order valence-electron chi connectivity index (χ2n) is 5.69. The lowest BCUT2D eigenvalue weighted by Crippen LogP contribution is -2.46. The average molecular weight is 313 g/mol. The second-order valence-corrected chi connectivity index (χ2v) is 7.46. The Balaban J connectivity index is 2.39. The highest BCUT2D eigenvalue weighted by Crippen LogP contribution is 2.38. The van der Waals surface area contributed by atoms with Gasteiger partial charge in [0.25, 0.3) is 0 Å². The first kappa shape index (κ1) is 16.1. The number of benzene rings is 1. The summed E-state index contributed by atoms with van der Waals surface area (Å²) < 4.78 is 32.7. The quantitative estimate of drug-likeness (QED) is 0.844. The molecule has 1 aromatic rings. The minimum atomic E-state index is -3.53. The fourth-order valence-corrected chi connectivity index (χ4v) is 3.50. The number of sulfonamides is 1. The van der Waals surface area contributed by atoms with Gasteiger partial charge in [-0.1, -0.05) is 0 Å². The smallest absolute Gasteiger partial charge is 0.240 e. The van der Waals surface area contributed by atoms with E-state index in [9.17, 15) is 8.42 Å². The van der Waals surface area contributed by atoms with Crippen LogP contribution in [0.5, 0.6) is 5.75 Å². The van der Waals surface area contributed by atoms with Crippen molar-refractivity contribution in [2.75, 3.05) is 31.1 Å². The van der Waals surface area contributed by atoms with Crippen LogP contribution in [-0.4, -0.2) is 40.2 Å². The van der Waals surface area contributed by atoms with E-state index in [-0.39, 0.29) is 23.6 Å². The van der Waals surface area contributed by atoms with Gasteiger partial charge in [-0.05, 0) is 39.0 Å². The van der Waals surface area contributed by atoms with Gasteiger partial charge < -0.3 is 15.4 Å². The molecule has 6 nitrogen and oxygen atoms in total. The van der Waals surface area contributed by atoms with Crippen LogP contribution in [0.15, 0.2) is 23.1 Å². The summed E-state index contributed by atoms with van der Waals surface area (Å²) in [5.41, 5.74) is 5.86. The number of hydrogen-bond acceptors (Lipinski definition) is 5. The van der Waals surface area contributed by atoms with Crippen molar-refractivity contribution in [2.24, 2.45) is 5.73 Å². The number of hydrogen-bond donors (Lipinski definition) is 2. The van der Waals surface area contributed by atoms with Gasteiger partial charge in [0, 0.05) is 19.6 Å². The van der Waals surface area contributed by atoms with Crippen molar-refractivity contribution in [1.29, 1.82) is 0 Å². The predicted molar refractivity (Wildman–Crippen MR) is 83.3 cm³/mol. The minimum absolute atomic E-state index is 0.223. The molecular weight excluding hydrogens is 290 g/mol. The topological polar surface area (TPSA) is 84.7 Å². The number of anilines is 1. The molecule has 1 aliphatic rings. The van der Waals surface area contributed by atoms with Crippen LogP contribution in [0.1, 0.15) is 20.8 Å². The Labute approximate surface area is 126 Å². The Morgan fingerprint density at radius 2 is 2.14 bits per heavy atom. The average Bonchev–Trinajstić information content (AvgIpc) is 2.42. The molecule has 2 rings (SSSR count). The predicted octanol–water partition coefficient (Wildman–Crippen LogP) is 0.921. The van der Waals surface area contributed by atoms with Crippen molar-refractivity contribution in [3.8, 4) is 5.75 Å². The van der Waals surface area contributed by atoms with Crippen molar-refractivity contribution in [1.82, 2.24) is 4.72 Å². The Morgan fingerprint density at radius 1 is 1.43 bits per heavy atom. The fraction of sp³-hybridized carbons (Fsp3) is 0.571. The number of nitrogens with one attached hydrogen (secondary N) is 1. The van der Waals surface area contributed by atoms with Crippen LogP contribution in [0.4, 0.5) is 5.69 Å². The molecule has 0 spiro atoms. The van der Waals surface area contributed by atoms with Crippen LogP contribution >= 0.6 is 0 Å². The number of fused-ring (bicyclic) bond motifs is 1. The van der Waals surface area contributed by atoms with E-state index < -0.39 is 10.0 Å². The van der Waals surface area contributed by atoms with E-state index in [1.165, 1.54) is 0 Å². The lowest BCUT2D eigenvalue weighted by Gasteiger charge is -2.40. The first-order valence-corrected chi connectivity index (χ1v) is 8.55. The van der Waals surface area contributed by atoms with Crippen LogP contribution < -0.4 is 20.1 Å². The lowest BCUT2D eigenvalue weighted by atomic mass is 10.1. The highest BCUT2D eigenvalue weighted by molar-refractivity contribution is 7.89. The normalized spacial score (nSPS) is 17.2. The van der Waals surface area contributed by atoms with Gasteiger partial charge in [-0.2, -0.15) is 0 Å².